The van der Waals surface area contributed by atoms with E-state index < -0.39 is 22.9 Å². The van der Waals surface area contributed by atoms with Crippen molar-refractivity contribution in [2.24, 2.45) is 12.8 Å². The fraction of sp³-hybridized carbons (Fsp3) is 0.316. The van der Waals surface area contributed by atoms with Gasteiger partial charge in [-0.1, -0.05) is 30.3 Å². The third-order valence-electron chi connectivity index (χ3n) is 4.50. The minimum absolute atomic E-state index is 0.0292. The Kier molecular flexibility index (Phi) is 4.54. The van der Waals surface area contributed by atoms with E-state index in [1.807, 2.05) is 30.3 Å². The number of aryl methyl sites for hydroxylation is 1. The van der Waals surface area contributed by atoms with Crippen molar-refractivity contribution >= 4 is 11.9 Å². The molecule has 2 N–H and O–H groups in total. The number of hydrogen-bond donors (Lipinski definition) is 1. The number of nitrogens with zero attached hydrogens (tertiary/aromatic N) is 1. The van der Waals surface area contributed by atoms with Gasteiger partial charge >= 0.3 is 5.97 Å². The molecule has 0 aliphatic heterocycles. The largest absolute Gasteiger partial charge is 0.482 e. The van der Waals surface area contributed by atoms with Gasteiger partial charge in [0.05, 0.1) is 0 Å². The molecule has 0 saturated heterocycles. The zero-order valence-corrected chi connectivity index (χ0v) is 14.7. The molecule has 0 unspecified atom stereocenters. The van der Waals surface area contributed by atoms with E-state index in [9.17, 15) is 14.4 Å². The van der Waals surface area contributed by atoms with Crippen molar-refractivity contribution in [1.29, 1.82) is 0 Å². The van der Waals surface area contributed by atoms with Crippen molar-refractivity contribution in [3.8, 4) is 5.75 Å². The monoisotopic (exact) mass is 356 g/mol. The second kappa shape index (κ2) is 6.67. The molecule has 0 radical (unpaired) electrons. The minimum Gasteiger partial charge on any atom is -0.482 e. The lowest BCUT2D eigenvalue weighted by atomic mass is 10.2. The van der Waals surface area contributed by atoms with Crippen LogP contribution >= 0.6 is 0 Å². The highest BCUT2D eigenvalue weighted by molar-refractivity contribution is 5.95. The maximum atomic E-state index is 12.7. The van der Waals surface area contributed by atoms with Crippen molar-refractivity contribution in [1.82, 2.24) is 4.57 Å². The summed E-state index contributed by atoms with van der Waals surface area (Å²) < 4.78 is 12.5. The number of esters is 1. The Balaban J connectivity index is 1.93. The van der Waals surface area contributed by atoms with Gasteiger partial charge in [0.25, 0.3) is 5.91 Å². The van der Waals surface area contributed by atoms with Crippen LogP contribution in [0.15, 0.2) is 41.2 Å². The van der Waals surface area contributed by atoms with E-state index >= 15 is 0 Å². The fourth-order valence-electron chi connectivity index (χ4n) is 2.63. The van der Waals surface area contributed by atoms with Crippen molar-refractivity contribution in [2.75, 3.05) is 0 Å². The number of rotatable bonds is 6. The molecule has 1 amide bonds. The third kappa shape index (κ3) is 3.33. The van der Waals surface area contributed by atoms with Gasteiger partial charge in [-0.3, -0.25) is 9.59 Å². The number of amides is 1. The molecule has 0 atom stereocenters. The van der Waals surface area contributed by atoms with Gasteiger partial charge < -0.3 is 19.8 Å². The van der Waals surface area contributed by atoms with E-state index in [0.717, 1.165) is 5.56 Å². The number of hydrogen-bond acceptors (Lipinski definition) is 5. The van der Waals surface area contributed by atoms with Gasteiger partial charge in [0.2, 0.25) is 5.43 Å². The number of pyridine rings is 1. The molecule has 1 aliphatic rings. The maximum absolute atomic E-state index is 12.7. The standard InChI is InChI=1S/C19H20N2O5/c1-12-10-14(22)16(25-11-13-6-4-3-5-7-13)15(21(12)2)17(23)26-19(8-9-19)18(20)24/h3-7,10H,8-9,11H2,1-2H3,(H2,20,24). The molecule has 1 fully saturated rings. The van der Waals surface area contributed by atoms with Crippen LogP contribution in [0.25, 0.3) is 0 Å². The highest BCUT2D eigenvalue weighted by Crippen LogP contribution is 2.40. The van der Waals surface area contributed by atoms with E-state index in [1.165, 1.54) is 10.6 Å². The number of benzene rings is 1. The Bertz CT molecular complexity index is 914. The molecule has 26 heavy (non-hydrogen) atoms. The zero-order valence-electron chi connectivity index (χ0n) is 14.7. The first-order valence-corrected chi connectivity index (χ1v) is 8.25. The lowest BCUT2D eigenvalue weighted by Crippen LogP contribution is -2.36. The van der Waals surface area contributed by atoms with Crippen LogP contribution in [-0.2, 0) is 23.2 Å². The number of ether oxygens (including phenoxy) is 2. The smallest absolute Gasteiger partial charge is 0.360 e. The molecule has 0 spiro atoms. The summed E-state index contributed by atoms with van der Waals surface area (Å²) in [6, 6.07) is 10.7. The van der Waals surface area contributed by atoms with Crippen molar-refractivity contribution in [3.05, 3.63) is 63.6 Å². The molecule has 1 heterocycles. The maximum Gasteiger partial charge on any atom is 0.360 e. The first-order chi connectivity index (χ1) is 12.3. The molecule has 1 saturated carbocycles. The van der Waals surface area contributed by atoms with E-state index in [4.69, 9.17) is 15.2 Å². The van der Waals surface area contributed by atoms with Gasteiger partial charge in [-0.15, -0.1) is 0 Å². The summed E-state index contributed by atoms with van der Waals surface area (Å²) in [5.74, 6) is -1.59. The molecule has 7 heteroatoms. The summed E-state index contributed by atoms with van der Waals surface area (Å²) in [6.07, 6.45) is 0.766. The second-order valence-electron chi connectivity index (χ2n) is 6.41. The first kappa shape index (κ1) is 17.7. The van der Waals surface area contributed by atoms with Gasteiger partial charge in [-0.2, -0.15) is 0 Å². The Hall–Kier alpha value is -3.09. The van der Waals surface area contributed by atoms with Gasteiger partial charge in [-0.05, 0) is 12.5 Å². The highest BCUT2D eigenvalue weighted by atomic mass is 16.6. The van der Waals surface area contributed by atoms with E-state index in [-0.39, 0.29) is 18.1 Å². The number of carbonyl (C=O) groups is 2. The van der Waals surface area contributed by atoms with E-state index in [1.54, 1.807) is 14.0 Å². The number of primary amides is 1. The average molecular weight is 356 g/mol. The Morgan fingerprint density at radius 1 is 1.23 bits per heavy atom. The molecule has 3 rings (SSSR count). The molecule has 1 aromatic carbocycles. The Morgan fingerprint density at radius 2 is 1.88 bits per heavy atom. The molecular formula is C19H20N2O5. The third-order valence-corrected chi connectivity index (χ3v) is 4.50. The minimum atomic E-state index is -1.27. The fourth-order valence-corrected chi connectivity index (χ4v) is 2.63. The van der Waals surface area contributed by atoms with Crippen LogP contribution in [0.5, 0.6) is 5.75 Å². The van der Waals surface area contributed by atoms with E-state index in [2.05, 4.69) is 0 Å². The normalized spacial score (nSPS) is 14.5. The molecule has 1 aromatic heterocycles. The quantitative estimate of drug-likeness (QED) is 0.790. The average Bonchev–Trinajstić information content (AvgIpc) is 3.38. The molecule has 136 valence electrons. The van der Waals surface area contributed by atoms with Gasteiger partial charge in [0.1, 0.15) is 6.61 Å². The number of carbonyl (C=O) groups excluding carboxylic acids is 2. The summed E-state index contributed by atoms with van der Waals surface area (Å²) in [6.45, 7) is 1.82. The molecule has 2 aromatic rings. The van der Waals surface area contributed by atoms with Crippen LogP contribution in [0.4, 0.5) is 0 Å². The first-order valence-electron chi connectivity index (χ1n) is 8.25. The van der Waals surface area contributed by atoms with Gasteiger partial charge in [0, 0.05) is 31.6 Å². The lowest BCUT2D eigenvalue weighted by Gasteiger charge is -2.18. The summed E-state index contributed by atoms with van der Waals surface area (Å²) >= 11 is 0. The highest BCUT2D eigenvalue weighted by Gasteiger charge is 2.53. The van der Waals surface area contributed by atoms with Crippen LogP contribution < -0.4 is 15.9 Å². The zero-order chi connectivity index (χ0) is 18.9. The van der Waals surface area contributed by atoms with Crippen LogP contribution in [0.3, 0.4) is 0 Å². The van der Waals surface area contributed by atoms with E-state index in [0.29, 0.717) is 18.5 Å². The van der Waals surface area contributed by atoms with Crippen molar-refractivity contribution < 1.29 is 19.1 Å². The Labute approximate surface area is 150 Å². The molecule has 7 nitrogen and oxygen atoms in total. The molecular weight excluding hydrogens is 336 g/mol. The lowest BCUT2D eigenvalue weighted by molar-refractivity contribution is -0.128. The van der Waals surface area contributed by atoms with Gasteiger partial charge in [0.15, 0.2) is 17.0 Å². The summed E-state index contributed by atoms with van der Waals surface area (Å²) in [5.41, 5.74) is 5.01. The van der Waals surface area contributed by atoms with Crippen LogP contribution in [0, 0.1) is 6.92 Å². The van der Waals surface area contributed by atoms with Crippen LogP contribution in [-0.4, -0.2) is 22.0 Å². The van der Waals surface area contributed by atoms with Crippen molar-refractivity contribution in [2.45, 2.75) is 32.0 Å². The second-order valence-corrected chi connectivity index (χ2v) is 6.41. The molecule has 0 bridgehead atoms. The summed E-state index contributed by atoms with van der Waals surface area (Å²) in [7, 11) is 1.63. The predicted octanol–water partition coefficient (Wildman–Crippen LogP) is 1.45. The predicted molar refractivity (Wildman–Crippen MR) is 93.8 cm³/mol. The van der Waals surface area contributed by atoms with Crippen LogP contribution in [0.1, 0.15) is 34.6 Å². The van der Waals surface area contributed by atoms with Crippen LogP contribution in [0.2, 0.25) is 0 Å². The summed E-state index contributed by atoms with van der Waals surface area (Å²) in [5, 5.41) is 0. The van der Waals surface area contributed by atoms with Gasteiger partial charge in [-0.25, -0.2) is 4.79 Å². The molecule has 1 aliphatic carbocycles. The topological polar surface area (TPSA) is 101 Å². The number of aromatic nitrogens is 1. The summed E-state index contributed by atoms with van der Waals surface area (Å²) in [4.78, 5) is 36.6. The number of nitrogens with two attached hydrogens (primary N) is 1. The SMILES string of the molecule is Cc1cc(=O)c(OCc2ccccc2)c(C(=O)OC2(C(N)=O)CC2)n1C. The Morgan fingerprint density at radius 3 is 2.46 bits per heavy atom. The van der Waals surface area contributed by atoms with Crippen molar-refractivity contribution in [3.63, 3.8) is 0 Å².